The fourth-order valence-electron chi connectivity index (χ4n) is 9.50. The van der Waals surface area contributed by atoms with E-state index < -0.39 is 5.41 Å². The Balaban J connectivity index is 1.15. The van der Waals surface area contributed by atoms with Gasteiger partial charge in [0.2, 0.25) is 0 Å². The first-order valence-corrected chi connectivity index (χ1v) is 19.2. The van der Waals surface area contributed by atoms with Crippen LogP contribution in [0.4, 0.5) is 5.69 Å². The molecular weight excluding hydrogens is 705 g/mol. The Labute approximate surface area is 325 Å². The number of pyridine rings is 2. The molecule has 0 N–H and O–H groups in total. The summed E-state index contributed by atoms with van der Waals surface area (Å²) >= 11 is 1.80. The summed E-state index contributed by atoms with van der Waals surface area (Å²) in [6, 6.07) is 53.4. The summed E-state index contributed by atoms with van der Waals surface area (Å²) in [7, 11) is 0. The van der Waals surface area contributed by atoms with Crippen molar-refractivity contribution in [2.75, 3.05) is 0 Å². The quantitative estimate of drug-likeness (QED) is 0.166. The average molecular weight is 731 g/mol. The highest BCUT2D eigenvalue weighted by Crippen LogP contribution is 2.61. The van der Waals surface area contributed by atoms with E-state index in [1.165, 1.54) is 11.1 Å². The minimum absolute atomic E-state index is 0.630. The number of hydrogen-bond acceptors (Lipinski definition) is 4. The van der Waals surface area contributed by atoms with E-state index in [-0.39, 0.29) is 0 Å². The summed E-state index contributed by atoms with van der Waals surface area (Å²) in [5.74, 6) is 0. The maximum absolute atomic E-state index is 9.77. The highest BCUT2D eigenvalue weighted by atomic mass is 32.2. The van der Waals surface area contributed by atoms with Gasteiger partial charge in [0.25, 0.3) is 0 Å². The lowest BCUT2D eigenvalue weighted by Gasteiger charge is -2.39. The number of para-hydroxylation sites is 2. The van der Waals surface area contributed by atoms with Gasteiger partial charge in [-0.15, -0.1) is 0 Å². The number of fused-ring (bicyclic) bond motifs is 15. The lowest BCUT2D eigenvalue weighted by atomic mass is 9.67. The number of nitrogens with zero attached hydrogens (tertiary/aromatic N) is 6. The van der Waals surface area contributed by atoms with Gasteiger partial charge in [0, 0.05) is 49.7 Å². The monoisotopic (exact) mass is 730 g/mol. The topological polar surface area (TPSA) is 63.8 Å². The van der Waals surface area contributed by atoms with Gasteiger partial charge in [-0.3, -0.25) is 9.97 Å². The third-order valence-electron chi connectivity index (χ3n) is 11.7. The molecule has 0 atom stereocenters. The summed E-state index contributed by atoms with van der Waals surface area (Å²) < 4.78 is 4.64. The van der Waals surface area contributed by atoms with E-state index in [0.29, 0.717) is 11.3 Å². The third kappa shape index (κ3) is 3.94. The molecule has 258 valence electrons. The van der Waals surface area contributed by atoms with Crippen molar-refractivity contribution in [2.45, 2.75) is 15.2 Å². The molecule has 0 bridgehead atoms. The second kappa shape index (κ2) is 11.3. The van der Waals surface area contributed by atoms with E-state index in [1.807, 2.05) is 48.8 Å². The molecule has 5 heterocycles. The van der Waals surface area contributed by atoms with E-state index in [2.05, 4.69) is 129 Å². The van der Waals surface area contributed by atoms with Gasteiger partial charge in [-0.1, -0.05) is 78.5 Å². The Morgan fingerprint density at radius 3 is 1.64 bits per heavy atom. The molecule has 1 aliphatic carbocycles. The van der Waals surface area contributed by atoms with Crippen molar-refractivity contribution in [2.24, 2.45) is 0 Å². The second-order valence-electron chi connectivity index (χ2n) is 14.4. The molecule has 0 saturated carbocycles. The summed E-state index contributed by atoms with van der Waals surface area (Å²) in [6.45, 7) is 7.69. The summed E-state index contributed by atoms with van der Waals surface area (Å²) in [5, 5.41) is 14.1. The van der Waals surface area contributed by atoms with Gasteiger partial charge in [0.1, 0.15) is 0 Å². The van der Waals surface area contributed by atoms with Crippen molar-refractivity contribution < 1.29 is 0 Å². The van der Waals surface area contributed by atoms with Crippen LogP contribution in [0.2, 0.25) is 0 Å². The first-order chi connectivity index (χ1) is 27.7. The van der Waals surface area contributed by atoms with Crippen LogP contribution >= 0.6 is 11.8 Å². The van der Waals surface area contributed by atoms with Crippen molar-refractivity contribution in [3.8, 4) is 28.8 Å². The molecule has 0 saturated heterocycles. The molecule has 0 radical (unpaired) electrons. The van der Waals surface area contributed by atoms with Gasteiger partial charge in [-0.05, 0) is 107 Å². The Hall–Kier alpha value is -7.45. The highest BCUT2D eigenvalue weighted by Gasteiger charge is 2.51. The lowest BCUT2D eigenvalue weighted by molar-refractivity contribution is 0.718. The van der Waals surface area contributed by atoms with Gasteiger partial charge >= 0.3 is 0 Å². The van der Waals surface area contributed by atoms with Crippen LogP contribution in [0, 0.1) is 17.9 Å². The fraction of sp³-hybridized carbons (Fsp3) is 0.0204. The third-order valence-corrected chi connectivity index (χ3v) is 12.8. The zero-order valence-corrected chi connectivity index (χ0v) is 30.4. The molecule has 6 aromatic carbocycles. The van der Waals surface area contributed by atoms with Crippen LogP contribution in [0.5, 0.6) is 0 Å². The zero-order chi connectivity index (χ0) is 37.1. The molecule has 0 amide bonds. The molecule has 7 heteroatoms. The van der Waals surface area contributed by atoms with Gasteiger partial charge in [-0.25, -0.2) is 4.85 Å². The first kappa shape index (κ1) is 31.0. The molecule has 10 aromatic rings. The molecule has 6 nitrogen and oxygen atoms in total. The second-order valence-corrected chi connectivity index (χ2v) is 15.5. The van der Waals surface area contributed by atoms with Crippen molar-refractivity contribution in [1.29, 1.82) is 5.26 Å². The van der Waals surface area contributed by atoms with Crippen molar-refractivity contribution in [3.05, 3.63) is 197 Å². The summed E-state index contributed by atoms with van der Waals surface area (Å²) in [4.78, 5) is 16.0. The number of nitriles is 1. The predicted molar refractivity (Wildman–Crippen MR) is 223 cm³/mol. The average Bonchev–Trinajstić information content (AvgIpc) is 3.87. The Kier molecular flexibility index (Phi) is 6.24. The molecule has 4 aromatic heterocycles. The normalized spacial score (nSPS) is 13.4. The van der Waals surface area contributed by atoms with Crippen LogP contribution < -0.4 is 0 Å². The van der Waals surface area contributed by atoms with Crippen LogP contribution in [-0.4, -0.2) is 19.1 Å². The van der Waals surface area contributed by atoms with E-state index in [4.69, 9.17) is 16.5 Å². The van der Waals surface area contributed by atoms with Crippen molar-refractivity contribution in [1.82, 2.24) is 19.1 Å². The van der Waals surface area contributed by atoms with E-state index in [9.17, 15) is 5.26 Å². The van der Waals surface area contributed by atoms with Crippen LogP contribution in [-0.2, 0) is 5.41 Å². The van der Waals surface area contributed by atoms with Crippen LogP contribution in [0.3, 0.4) is 0 Å². The van der Waals surface area contributed by atoms with Crippen molar-refractivity contribution >= 4 is 61.1 Å². The predicted octanol–water partition coefficient (Wildman–Crippen LogP) is 11.9. The molecule has 0 fully saturated rings. The Morgan fingerprint density at radius 1 is 0.536 bits per heavy atom. The van der Waals surface area contributed by atoms with E-state index >= 15 is 0 Å². The largest absolute Gasteiger partial charge is 0.309 e. The smallest absolute Gasteiger partial charge is 0.188 e. The molecule has 2 aliphatic rings. The van der Waals surface area contributed by atoms with E-state index in [1.54, 1.807) is 11.8 Å². The van der Waals surface area contributed by atoms with Crippen molar-refractivity contribution in [3.63, 3.8) is 0 Å². The minimum atomic E-state index is -0.645. The maximum Gasteiger partial charge on any atom is 0.188 e. The van der Waals surface area contributed by atoms with E-state index in [0.717, 1.165) is 87.3 Å². The van der Waals surface area contributed by atoms with Crippen LogP contribution in [0.1, 0.15) is 27.8 Å². The Morgan fingerprint density at radius 2 is 1.07 bits per heavy atom. The van der Waals surface area contributed by atoms with Gasteiger partial charge < -0.3 is 9.13 Å². The molecule has 1 aliphatic heterocycles. The fourth-order valence-corrected chi connectivity index (χ4v) is 10.8. The zero-order valence-electron chi connectivity index (χ0n) is 29.6. The highest BCUT2D eigenvalue weighted by molar-refractivity contribution is 7.99. The van der Waals surface area contributed by atoms with Gasteiger partial charge in [-0.2, -0.15) is 5.26 Å². The molecular formula is C49H26N6S. The Bertz CT molecular complexity index is 3220. The summed E-state index contributed by atoms with van der Waals surface area (Å²) in [5.41, 5.74) is 13.5. The van der Waals surface area contributed by atoms with Gasteiger partial charge in [0.05, 0.1) is 57.1 Å². The SMILES string of the molecule is [C-]#[N+]c1ccc2c(c1)c1ccccc1n2-c1ccc2c(c1)Sc1cc(-n3c4ccccc4c4cc(C#N)ccc43)ccc1C21c2cccnc2-c2ncccc21. The molecule has 1 spiro atoms. The first-order valence-electron chi connectivity index (χ1n) is 18.4. The standard InChI is InChI=1S/C49H26N6S/c1-51-30-15-21-44-36(25-30)34-9-3-5-13-42(34)55(44)32-17-19-38-46(27-32)56-45-26-31(54-41-12-4-2-8-33(41)35-24-29(28-50)14-20-43(35)54)16-18-37(45)49(38)39-10-6-22-52-47(39)48-40(49)11-7-23-53-48/h2-27H. The lowest BCUT2D eigenvalue weighted by Crippen LogP contribution is -2.32. The molecule has 12 rings (SSSR count). The number of hydrogen-bond donors (Lipinski definition) is 0. The van der Waals surface area contributed by atoms with Gasteiger partial charge in [0.15, 0.2) is 5.69 Å². The van der Waals surface area contributed by atoms with Crippen LogP contribution in [0.25, 0.3) is 71.2 Å². The summed E-state index contributed by atoms with van der Waals surface area (Å²) in [6.07, 6.45) is 3.73. The molecule has 56 heavy (non-hydrogen) atoms. The number of benzene rings is 6. The number of aromatic nitrogens is 4. The number of rotatable bonds is 2. The van der Waals surface area contributed by atoms with Crippen LogP contribution in [0.15, 0.2) is 168 Å². The minimum Gasteiger partial charge on any atom is -0.309 e. The maximum atomic E-state index is 9.77. The molecule has 0 unspecified atom stereocenters.